The quantitative estimate of drug-likeness (QED) is 0.848. The molecule has 0 N–H and O–H groups in total. The average molecular weight is 310 g/mol. The van der Waals surface area contributed by atoms with Gasteiger partial charge in [-0.1, -0.05) is 0 Å². The van der Waals surface area contributed by atoms with Gasteiger partial charge in [0.1, 0.15) is 11.9 Å². The molecule has 0 fully saturated rings. The zero-order chi connectivity index (χ0) is 14.1. The Morgan fingerprint density at radius 2 is 2.40 bits per heavy atom. The topological polar surface area (TPSA) is 44.9 Å². The Morgan fingerprint density at radius 1 is 1.55 bits per heavy atom. The van der Waals surface area contributed by atoms with Gasteiger partial charge in [0.25, 0.3) is 0 Å². The van der Waals surface area contributed by atoms with Crippen LogP contribution in [-0.2, 0) is 16.4 Å². The number of aromatic nitrogens is 4. The SMILES string of the molecule is CCOC(C)n1ncc2c1CSc1cn(CSC)nc1-2. The smallest absolute Gasteiger partial charge is 0.147 e. The Kier molecular flexibility index (Phi) is 4.09. The summed E-state index contributed by atoms with van der Waals surface area (Å²) in [7, 11) is 0. The Labute approximate surface area is 127 Å². The number of nitrogens with zero attached hydrogens (tertiary/aromatic N) is 4. The van der Waals surface area contributed by atoms with Crippen molar-refractivity contribution >= 4 is 23.5 Å². The van der Waals surface area contributed by atoms with E-state index >= 15 is 0 Å². The van der Waals surface area contributed by atoms with Gasteiger partial charge in [-0.15, -0.1) is 23.5 Å². The van der Waals surface area contributed by atoms with Gasteiger partial charge < -0.3 is 4.74 Å². The molecule has 1 aliphatic heterocycles. The molecule has 0 saturated heterocycles. The van der Waals surface area contributed by atoms with E-state index in [0.717, 1.165) is 22.9 Å². The molecule has 7 heteroatoms. The number of fused-ring (bicyclic) bond motifs is 3. The molecule has 2 aromatic heterocycles. The van der Waals surface area contributed by atoms with Gasteiger partial charge in [0, 0.05) is 24.1 Å². The predicted octanol–water partition coefficient (Wildman–Crippen LogP) is 3.23. The molecular formula is C13H18N4OS2. The van der Waals surface area contributed by atoms with Gasteiger partial charge >= 0.3 is 0 Å². The summed E-state index contributed by atoms with van der Waals surface area (Å²) in [5, 5.41) is 9.18. The van der Waals surface area contributed by atoms with Crippen molar-refractivity contribution in [3.05, 3.63) is 18.1 Å². The Bertz CT molecular complexity index is 608. The molecule has 5 nitrogen and oxygen atoms in total. The van der Waals surface area contributed by atoms with Gasteiger partial charge in [0.2, 0.25) is 0 Å². The van der Waals surface area contributed by atoms with Crippen LogP contribution in [0.15, 0.2) is 17.3 Å². The number of ether oxygens (including phenoxy) is 1. The molecule has 1 unspecified atom stereocenters. The van der Waals surface area contributed by atoms with Crippen LogP contribution in [-0.4, -0.2) is 32.4 Å². The molecule has 1 atom stereocenters. The van der Waals surface area contributed by atoms with Crippen molar-refractivity contribution in [3.63, 3.8) is 0 Å². The van der Waals surface area contributed by atoms with Crippen molar-refractivity contribution in [2.24, 2.45) is 0 Å². The highest BCUT2D eigenvalue weighted by atomic mass is 32.2. The summed E-state index contributed by atoms with van der Waals surface area (Å²) in [6, 6.07) is 0. The van der Waals surface area contributed by atoms with Crippen molar-refractivity contribution in [1.82, 2.24) is 19.6 Å². The van der Waals surface area contributed by atoms with Crippen molar-refractivity contribution < 1.29 is 4.74 Å². The molecule has 0 aliphatic carbocycles. The largest absolute Gasteiger partial charge is 0.357 e. The second-order valence-electron chi connectivity index (χ2n) is 4.59. The van der Waals surface area contributed by atoms with E-state index in [2.05, 4.69) is 22.6 Å². The molecule has 0 spiro atoms. The first kappa shape index (κ1) is 14.0. The van der Waals surface area contributed by atoms with E-state index in [-0.39, 0.29) is 6.23 Å². The van der Waals surface area contributed by atoms with Crippen molar-refractivity contribution in [3.8, 4) is 11.3 Å². The standard InChI is InChI=1S/C13H18N4OS2/c1-4-18-9(2)17-11-7-20-12-6-16(8-19-3)15-13(12)10(11)5-14-17/h5-6,9H,4,7-8H2,1-3H3. The summed E-state index contributed by atoms with van der Waals surface area (Å²) in [6.07, 6.45) is 6.10. The lowest BCUT2D eigenvalue weighted by Gasteiger charge is -2.18. The summed E-state index contributed by atoms with van der Waals surface area (Å²) in [5.41, 5.74) is 3.41. The Balaban J connectivity index is 1.96. The Morgan fingerprint density at radius 3 is 3.15 bits per heavy atom. The Hall–Kier alpha value is -0.920. The van der Waals surface area contributed by atoms with Gasteiger partial charge in [-0.25, -0.2) is 4.68 Å². The highest BCUT2D eigenvalue weighted by molar-refractivity contribution is 7.98. The highest BCUT2D eigenvalue weighted by Gasteiger charge is 2.25. The van der Waals surface area contributed by atoms with Crippen LogP contribution >= 0.6 is 23.5 Å². The van der Waals surface area contributed by atoms with E-state index in [0.29, 0.717) is 6.61 Å². The van der Waals surface area contributed by atoms with E-state index < -0.39 is 0 Å². The monoisotopic (exact) mass is 310 g/mol. The number of hydrogen-bond donors (Lipinski definition) is 0. The number of hydrogen-bond acceptors (Lipinski definition) is 5. The molecule has 3 rings (SSSR count). The zero-order valence-corrected chi connectivity index (χ0v) is 13.5. The van der Waals surface area contributed by atoms with Crippen LogP contribution < -0.4 is 0 Å². The van der Waals surface area contributed by atoms with Crippen molar-refractivity contribution in [2.75, 3.05) is 12.9 Å². The molecule has 108 valence electrons. The summed E-state index contributed by atoms with van der Waals surface area (Å²) in [4.78, 5) is 1.25. The van der Waals surface area contributed by atoms with Crippen LogP contribution in [0, 0.1) is 0 Å². The minimum atomic E-state index is -0.0285. The first-order valence-electron chi connectivity index (χ1n) is 6.62. The molecule has 0 bridgehead atoms. The molecule has 0 radical (unpaired) electrons. The summed E-state index contributed by atoms with van der Waals surface area (Å²) in [5.74, 6) is 1.80. The van der Waals surface area contributed by atoms with Gasteiger partial charge in [-0.2, -0.15) is 10.2 Å². The van der Waals surface area contributed by atoms with E-state index in [1.807, 2.05) is 41.2 Å². The fourth-order valence-electron chi connectivity index (χ4n) is 2.39. The van der Waals surface area contributed by atoms with E-state index in [1.54, 1.807) is 11.8 Å². The van der Waals surface area contributed by atoms with E-state index in [9.17, 15) is 0 Å². The lowest BCUT2D eigenvalue weighted by Crippen LogP contribution is -2.14. The summed E-state index contributed by atoms with van der Waals surface area (Å²) < 4.78 is 9.62. The van der Waals surface area contributed by atoms with Crippen LogP contribution in [0.25, 0.3) is 11.3 Å². The predicted molar refractivity (Wildman–Crippen MR) is 82.9 cm³/mol. The minimum absolute atomic E-state index is 0.0285. The van der Waals surface area contributed by atoms with Crippen LogP contribution in [0.5, 0.6) is 0 Å². The van der Waals surface area contributed by atoms with Crippen LogP contribution in [0.3, 0.4) is 0 Å². The molecule has 0 aromatic carbocycles. The van der Waals surface area contributed by atoms with Gasteiger partial charge in [0.05, 0.1) is 22.7 Å². The van der Waals surface area contributed by atoms with Crippen molar-refractivity contribution in [2.45, 2.75) is 36.6 Å². The van der Waals surface area contributed by atoms with Crippen molar-refractivity contribution in [1.29, 1.82) is 0 Å². The maximum absolute atomic E-state index is 5.65. The van der Waals surface area contributed by atoms with Crippen LogP contribution in [0.1, 0.15) is 25.8 Å². The van der Waals surface area contributed by atoms with Crippen LogP contribution in [0.4, 0.5) is 0 Å². The van der Waals surface area contributed by atoms with Gasteiger partial charge in [0.15, 0.2) is 0 Å². The molecule has 0 amide bonds. The second-order valence-corrected chi connectivity index (χ2v) is 6.44. The first-order chi connectivity index (χ1) is 9.74. The second kappa shape index (κ2) is 5.83. The fraction of sp³-hybridized carbons (Fsp3) is 0.538. The molecule has 1 aliphatic rings. The first-order valence-corrected chi connectivity index (χ1v) is 9.00. The number of rotatable bonds is 5. The fourth-order valence-corrected chi connectivity index (χ4v) is 3.85. The molecule has 2 aromatic rings. The normalized spacial score (nSPS) is 14.9. The van der Waals surface area contributed by atoms with Gasteiger partial charge in [-0.3, -0.25) is 4.68 Å². The number of thioether (sulfide) groups is 2. The molecular weight excluding hydrogens is 292 g/mol. The average Bonchev–Trinajstić information content (AvgIpc) is 3.01. The lowest BCUT2D eigenvalue weighted by molar-refractivity contribution is 0.0144. The maximum Gasteiger partial charge on any atom is 0.147 e. The van der Waals surface area contributed by atoms with E-state index in [4.69, 9.17) is 4.74 Å². The third-order valence-corrected chi connectivity index (χ3v) is 4.81. The maximum atomic E-state index is 5.65. The lowest BCUT2D eigenvalue weighted by atomic mass is 10.2. The van der Waals surface area contributed by atoms with Gasteiger partial charge in [-0.05, 0) is 20.1 Å². The molecule has 20 heavy (non-hydrogen) atoms. The zero-order valence-electron chi connectivity index (χ0n) is 11.9. The highest BCUT2D eigenvalue weighted by Crippen LogP contribution is 2.41. The van der Waals surface area contributed by atoms with E-state index in [1.165, 1.54) is 10.6 Å². The minimum Gasteiger partial charge on any atom is -0.357 e. The summed E-state index contributed by atoms with van der Waals surface area (Å²) >= 11 is 3.59. The van der Waals surface area contributed by atoms with Crippen LogP contribution in [0.2, 0.25) is 0 Å². The molecule has 0 saturated carbocycles. The molecule has 3 heterocycles. The third kappa shape index (κ3) is 2.38. The third-order valence-electron chi connectivity index (χ3n) is 3.26. The summed E-state index contributed by atoms with van der Waals surface area (Å²) in [6.45, 7) is 4.73.